The highest BCUT2D eigenvalue weighted by Gasteiger charge is 2.31. The number of likely N-dealkylation sites (tertiary alicyclic amines) is 2. The maximum atomic E-state index is 11.9. The number of nitrogens with one attached hydrogen (secondary N) is 4. The first-order valence-electron chi connectivity index (χ1n) is 55.0. The molecule has 0 aromatic heterocycles. The maximum absolute atomic E-state index is 11.9. The van der Waals surface area contributed by atoms with Gasteiger partial charge in [-0.3, -0.25) is 57.9 Å². The molecule has 0 spiro atoms. The molecule has 6 N–H and O–H groups in total. The molecule has 0 aromatic carbocycles. The van der Waals surface area contributed by atoms with Crippen molar-refractivity contribution in [2.45, 2.75) is 462 Å². The molecular formula is C117H243N11O12. The number of hydrogen-bond acceptors (Lipinski definition) is 23. The zero-order valence-electron chi connectivity index (χ0n) is 95.9. The Morgan fingerprint density at radius 2 is 0.693 bits per heavy atom. The summed E-state index contributed by atoms with van der Waals surface area (Å²) in [5, 5.41) is 13.1. The van der Waals surface area contributed by atoms with E-state index in [0.29, 0.717) is 160 Å². The highest BCUT2D eigenvalue weighted by Crippen LogP contribution is 2.33. The molecule has 23 heteroatoms. The highest BCUT2D eigenvalue weighted by atomic mass is 16.5. The summed E-state index contributed by atoms with van der Waals surface area (Å²) in [5.41, 5.74) is 5.45. The number of piperidine rings is 2. The zero-order chi connectivity index (χ0) is 105. The number of unbranched alkanes of at least 4 members (excludes halogenated alkanes) is 1. The Morgan fingerprint density at radius 1 is 0.329 bits per heavy atom. The van der Waals surface area contributed by atoms with Crippen molar-refractivity contribution in [3.63, 3.8) is 0 Å². The van der Waals surface area contributed by atoms with E-state index in [9.17, 15) is 43.2 Å². The van der Waals surface area contributed by atoms with Crippen LogP contribution in [-0.2, 0) is 57.4 Å². The predicted octanol–water partition coefficient (Wildman–Crippen LogP) is 22.5. The van der Waals surface area contributed by atoms with Crippen molar-refractivity contribution in [1.29, 1.82) is 0 Å². The molecule has 3 aliphatic heterocycles. The van der Waals surface area contributed by atoms with Crippen LogP contribution in [0.25, 0.3) is 0 Å². The minimum Gasteiger partial charge on any atom is -0.380 e. The fourth-order valence-corrected chi connectivity index (χ4v) is 15.9. The predicted molar refractivity (Wildman–Crippen MR) is 604 cm³/mol. The number of piperazine rings is 1. The summed E-state index contributed by atoms with van der Waals surface area (Å²) in [5.74, 6) is 8.74. The minimum atomic E-state index is 0. The summed E-state index contributed by atoms with van der Waals surface area (Å²) in [6, 6.07) is 5.04. The molecule has 0 bridgehead atoms. The summed E-state index contributed by atoms with van der Waals surface area (Å²) in [6.45, 7) is 94.4. The zero-order valence-corrected chi connectivity index (χ0v) is 95.9. The van der Waals surface area contributed by atoms with Gasteiger partial charge >= 0.3 is 0 Å². The molecule has 838 valence electrons. The Bertz CT molecular complexity index is 2950. The standard InChI is InChI=1S/2C15H29NO.2C14H27NO.C12H24N2O.C12H26N2O.C12H25NO3.C11H23NO2.C8H17NO.4CH4/c1-11(2)15(17)14-8-6-13(7-9-14)10-16(5)12(3)4;1-12(2)15(17)7-5-6-14-8-10-16(11-9-14)13(3)4;1-10(2)14(16)13-7-5-12(6-8-13)9-15-11(3)4;1-11(2)14(16)6-5-13-7-9-15(10-8-13)12(3)4;1-10(2)12(15)9-13-5-7-14(8-6-13)11(3)4;1-10(2)12(15)9-14(11(3)4)8-6-5-7-13;1-10(2)12(14)9-16-8-7-15-6-5-13-11(3)4;1-9(2)11(13)5-7-14-8-6-12-10(3)4;1-6(2)8(10)5-9-7(3)4;;;;/h11-14H,6-10H2,1-5H3;12-14H,5-11H2,1-4H3;10-13,15H,5-9H2,1-4H3;11-13H,5-10H2,1-4H3;10-11H,5-9H2,1-4H3;10-11H,5-9,13H2,1-4H3;10-11,13H,5-9H2,1-4H3;9-10,12H,5-8H2,1-4H3;6-7,9H,5H2,1-4H3;4*1H4. The highest BCUT2D eigenvalue weighted by molar-refractivity contribution is 5.85. The van der Waals surface area contributed by atoms with Crippen molar-refractivity contribution in [2.24, 2.45) is 94.5 Å². The third-order valence-corrected chi connectivity index (χ3v) is 26.9. The number of nitrogens with two attached hydrogens (primary N) is 1. The minimum absolute atomic E-state index is 0. The Labute approximate surface area is 869 Å². The van der Waals surface area contributed by atoms with E-state index in [1.54, 1.807) is 0 Å². The van der Waals surface area contributed by atoms with Gasteiger partial charge in [-0.1, -0.05) is 210 Å². The van der Waals surface area contributed by atoms with E-state index in [1.807, 2.05) is 138 Å². The van der Waals surface area contributed by atoms with E-state index in [1.165, 1.54) is 90.5 Å². The second kappa shape index (κ2) is 91.7. The average molecular weight is 2000 g/mol. The quantitative estimate of drug-likeness (QED) is 0.0354. The molecule has 3 heterocycles. The van der Waals surface area contributed by atoms with Crippen LogP contribution in [0, 0.1) is 88.8 Å². The number of rotatable bonds is 55. The number of hydrogen-bond donors (Lipinski definition) is 5. The van der Waals surface area contributed by atoms with Crippen molar-refractivity contribution < 1.29 is 57.4 Å². The van der Waals surface area contributed by atoms with Crippen LogP contribution in [0.3, 0.4) is 0 Å². The average Bonchev–Trinajstić information content (AvgIpc) is 0.879. The van der Waals surface area contributed by atoms with Gasteiger partial charge in [0.05, 0.1) is 52.7 Å². The van der Waals surface area contributed by atoms with E-state index < -0.39 is 0 Å². The van der Waals surface area contributed by atoms with E-state index in [4.69, 9.17) is 19.9 Å². The van der Waals surface area contributed by atoms with Gasteiger partial charge < -0.3 is 55.9 Å². The lowest BCUT2D eigenvalue weighted by Gasteiger charge is -2.36. The third kappa shape index (κ3) is 84.4. The number of nitrogens with zero attached hydrogens (tertiary/aromatic N) is 6. The normalized spacial score (nSPS) is 17.4. The van der Waals surface area contributed by atoms with Crippen LogP contribution < -0.4 is 27.0 Å². The van der Waals surface area contributed by atoms with Crippen LogP contribution in [0.4, 0.5) is 0 Å². The molecule has 3 saturated heterocycles. The van der Waals surface area contributed by atoms with Crippen molar-refractivity contribution in [3.05, 3.63) is 0 Å². The van der Waals surface area contributed by atoms with Gasteiger partial charge in [-0.05, 0) is 255 Å². The topological polar surface area (TPSA) is 275 Å². The SMILES string of the molecule is C.C.C.C.CC(C)C(=O)C1CCC(CN(C)C(C)C)CC1.CC(C)C(=O)CCC1CCN(C(C)C)CC1.CC(C)C(=O)CCCC1CCN(C(C)C)CC1.CC(C)C(=O)CN(CCCCN)C(C)C.CC(C)C(=O)CN1CCN(C(C)C)CC1.CC(C)NCC(=O)C(C)C.CC(C)NCC1CCC(C(=O)C(C)C)CC1.CC(C)NCCOCCC(=O)C(C)C.CC(C)NCCOCCOCC(=O)C(C)C. The number of Topliss-reactive ketones (excluding diaryl/α,β-unsaturated/α-hetero) is 9. The summed E-state index contributed by atoms with van der Waals surface area (Å²) >= 11 is 0. The summed E-state index contributed by atoms with van der Waals surface area (Å²) in [4.78, 5) is 118. The van der Waals surface area contributed by atoms with Crippen molar-refractivity contribution in [2.75, 3.05) is 158 Å². The number of ketones is 9. The maximum Gasteiger partial charge on any atom is 0.160 e. The lowest BCUT2D eigenvalue weighted by molar-refractivity contribution is -0.127. The smallest absolute Gasteiger partial charge is 0.160 e. The molecule has 2 aliphatic carbocycles. The monoisotopic (exact) mass is 1990 g/mol. The fourth-order valence-electron chi connectivity index (χ4n) is 15.9. The van der Waals surface area contributed by atoms with Gasteiger partial charge in [-0.25, -0.2) is 0 Å². The first-order chi connectivity index (χ1) is 63.5. The van der Waals surface area contributed by atoms with Gasteiger partial charge in [0, 0.05) is 185 Å². The van der Waals surface area contributed by atoms with E-state index in [0.717, 1.165) is 147 Å². The van der Waals surface area contributed by atoms with E-state index >= 15 is 0 Å². The molecule has 140 heavy (non-hydrogen) atoms. The first-order valence-corrected chi connectivity index (χ1v) is 55.0. The molecular weight excluding hydrogens is 1750 g/mol. The molecule has 0 radical (unpaired) electrons. The Hall–Kier alpha value is -3.53. The van der Waals surface area contributed by atoms with Crippen molar-refractivity contribution in [1.82, 2.24) is 50.7 Å². The van der Waals surface area contributed by atoms with Crippen LogP contribution in [0.5, 0.6) is 0 Å². The second-order valence-corrected chi connectivity index (χ2v) is 45.3. The largest absolute Gasteiger partial charge is 0.380 e. The van der Waals surface area contributed by atoms with Crippen molar-refractivity contribution in [3.8, 4) is 0 Å². The Kier molecular flexibility index (Phi) is 99.4. The van der Waals surface area contributed by atoms with Crippen LogP contribution in [0.2, 0.25) is 0 Å². The molecule has 5 rings (SSSR count). The lowest BCUT2D eigenvalue weighted by atomic mass is 9.77. The van der Waals surface area contributed by atoms with Crippen LogP contribution in [-0.4, -0.2) is 294 Å². The first kappa shape index (κ1) is 152. The van der Waals surface area contributed by atoms with Gasteiger partial charge in [0.15, 0.2) is 5.78 Å². The van der Waals surface area contributed by atoms with Gasteiger partial charge in [0.1, 0.15) is 52.9 Å². The van der Waals surface area contributed by atoms with Crippen molar-refractivity contribution >= 4 is 52.0 Å². The number of carbonyl (C=O) groups excluding carboxylic acids is 9. The van der Waals surface area contributed by atoms with Crippen LogP contribution in [0.15, 0.2) is 0 Å². The fraction of sp³-hybridized carbons (Fsp3) is 0.923. The van der Waals surface area contributed by atoms with Crippen LogP contribution in [0.1, 0.15) is 407 Å². The second-order valence-electron chi connectivity index (χ2n) is 45.3. The van der Waals surface area contributed by atoms with Crippen LogP contribution >= 0.6 is 0 Å². The summed E-state index contributed by atoms with van der Waals surface area (Å²) in [6.07, 6.45) is 22.3. The summed E-state index contributed by atoms with van der Waals surface area (Å²) < 4.78 is 15.8. The molecule has 0 amide bonds. The van der Waals surface area contributed by atoms with Gasteiger partial charge in [-0.15, -0.1) is 0 Å². The Morgan fingerprint density at radius 3 is 1.06 bits per heavy atom. The molecule has 0 unspecified atom stereocenters. The molecule has 5 fully saturated rings. The van der Waals surface area contributed by atoms with E-state index in [2.05, 4.69) is 168 Å². The molecule has 0 atom stereocenters. The van der Waals surface area contributed by atoms with Gasteiger partial charge in [0.25, 0.3) is 0 Å². The molecule has 0 aromatic rings. The molecule has 2 saturated carbocycles. The molecule has 5 aliphatic rings. The molecule has 23 nitrogen and oxygen atoms in total. The lowest BCUT2D eigenvalue weighted by Crippen LogP contribution is -2.50. The number of carbonyl (C=O) groups is 9. The van der Waals surface area contributed by atoms with Gasteiger partial charge in [-0.2, -0.15) is 0 Å². The number of ether oxygens (including phenoxy) is 3. The Balaban J connectivity index is -0.000000233. The summed E-state index contributed by atoms with van der Waals surface area (Å²) in [7, 11) is 2.20. The van der Waals surface area contributed by atoms with Gasteiger partial charge in [0.2, 0.25) is 0 Å². The van der Waals surface area contributed by atoms with E-state index in [-0.39, 0.29) is 107 Å². The third-order valence-electron chi connectivity index (χ3n) is 26.9.